The summed E-state index contributed by atoms with van der Waals surface area (Å²) in [7, 11) is 10.2. The lowest BCUT2D eigenvalue weighted by Crippen LogP contribution is -2.65. The van der Waals surface area contributed by atoms with Crippen LogP contribution in [0.5, 0.6) is 57.5 Å². The third-order valence-corrected chi connectivity index (χ3v) is 28.3. The van der Waals surface area contributed by atoms with Gasteiger partial charge in [0.15, 0.2) is 81.9 Å². The van der Waals surface area contributed by atoms with E-state index in [1.807, 2.05) is 48.6 Å². The van der Waals surface area contributed by atoms with Crippen molar-refractivity contribution in [1.82, 2.24) is 19.6 Å². The number of ether oxygens (including phenoxy) is 13. The number of likely N-dealkylation sites (tertiary alicyclic amines) is 4. The van der Waals surface area contributed by atoms with E-state index in [4.69, 9.17) is 71.8 Å². The van der Waals surface area contributed by atoms with Crippen LogP contribution < -0.4 is 42.6 Å². The molecule has 28 nitrogen and oxygen atoms in total. The van der Waals surface area contributed by atoms with Gasteiger partial charge in [0.2, 0.25) is 0 Å². The number of rotatable bonds is 11. The molecule has 4 saturated heterocycles. The third-order valence-electron chi connectivity index (χ3n) is 28.3. The molecule has 0 amide bonds. The summed E-state index contributed by atoms with van der Waals surface area (Å²) < 4.78 is 74.9. The molecule has 4 spiro atoms. The minimum Gasteiger partial charge on any atom is -0.504 e. The Morgan fingerprint density at radius 1 is 0.387 bits per heavy atom. The van der Waals surface area contributed by atoms with Gasteiger partial charge < -0.3 is 96.5 Å². The molecule has 4 fully saturated rings. The van der Waals surface area contributed by atoms with Gasteiger partial charge in [0.05, 0.1) is 13.7 Å². The highest BCUT2D eigenvalue weighted by Gasteiger charge is 2.70. The number of aliphatic hydroxyl groups is 2. The first-order valence-corrected chi connectivity index (χ1v) is 42.9. The monoisotopic (exact) mass is 1700 g/mol. The highest BCUT2D eigenvalue weighted by atomic mass is 16.6. The minimum absolute atomic E-state index is 0.00317. The number of methoxy groups -OCH3 is 1. The van der Waals surface area contributed by atoms with Gasteiger partial charge in [0.25, 0.3) is 0 Å². The standard InChI is InChI=1S/4C21H23NO5.C10H12O3.C2H6O/c4*1-11(23)25-16-6-4-13-10-15-14-5-7-17(26-12(2)24)20-21(14,8-9-22(15)3)18(13)19(16)27-20;1-13-10-7-8(3-2-6-11)4-5-9(10)12;1-2-3/h4*4-7,14-15,17,20H,8-10H2,1-3H3;2-5,7,11-12H,6H2,1H3;3H,2H2,1H3/b;;;;3-2+;/t4*14-,15+,17-,20-,21-;;/m0000../s1. The third kappa shape index (κ3) is 14.6. The van der Waals surface area contributed by atoms with E-state index < -0.39 is 24.4 Å². The van der Waals surface area contributed by atoms with E-state index in [-0.39, 0.29) is 136 Å². The van der Waals surface area contributed by atoms with Crippen LogP contribution in [0.15, 0.2) is 121 Å². The molecule has 8 bridgehead atoms. The lowest BCUT2D eigenvalue weighted by atomic mass is 9.53. The molecular formula is C96H110N4O24. The van der Waals surface area contributed by atoms with Gasteiger partial charge >= 0.3 is 47.8 Å². The number of esters is 8. The molecule has 0 radical (unpaired) electrons. The maximum Gasteiger partial charge on any atom is 0.308 e. The first-order valence-electron chi connectivity index (χ1n) is 42.9. The molecule has 8 heterocycles. The number of aromatic hydroxyl groups is 1. The molecule has 124 heavy (non-hydrogen) atoms. The molecule has 5 aromatic rings. The normalized spacial score (nSPS) is 31.9. The lowest BCUT2D eigenvalue weighted by molar-refractivity contribution is -0.153. The van der Waals surface area contributed by atoms with Gasteiger partial charge in [-0.15, -0.1) is 0 Å². The second-order valence-corrected chi connectivity index (χ2v) is 35.2. The largest absolute Gasteiger partial charge is 0.504 e. The second kappa shape index (κ2) is 33.9. The summed E-state index contributed by atoms with van der Waals surface area (Å²) in [6, 6.07) is 22.1. The Balaban J connectivity index is 0.000000115. The van der Waals surface area contributed by atoms with E-state index >= 15 is 0 Å². The number of phenolic OH excluding ortho intramolecular Hbond substituents is 1. The summed E-state index contributed by atoms with van der Waals surface area (Å²) in [6.07, 6.45) is 24.6. The Morgan fingerprint density at radius 3 is 0.871 bits per heavy atom. The fraction of sp³-hybridized carbons (Fsp3) is 0.500. The zero-order valence-electron chi connectivity index (χ0n) is 72.5. The van der Waals surface area contributed by atoms with Gasteiger partial charge in [0.1, 0.15) is 24.4 Å². The first kappa shape index (κ1) is 86.6. The molecule has 0 unspecified atom stereocenters. The smallest absolute Gasteiger partial charge is 0.308 e. The van der Waals surface area contributed by atoms with Crippen molar-refractivity contribution in [1.29, 1.82) is 0 Å². The molecule has 16 aliphatic rings. The van der Waals surface area contributed by atoms with E-state index in [1.54, 1.807) is 37.3 Å². The highest BCUT2D eigenvalue weighted by Crippen LogP contribution is 2.68. The maximum absolute atomic E-state index is 11.7. The van der Waals surface area contributed by atoms with Gasteiger partial charge in [-0.05, 0) is 201 Å². The lowest BCUT2D eigenvalue weighted by Gasteiger charge is -2.56. The van der Waals surface area contributed by atoms with E-state index in [2.05, 4.69) is 96.4 Å². The highest BCUT2D eigenvalue weighted by molar-refractivity contribution is 5.77. The number of carbonyl (C=O) groups excluding carboxylic acids is 8. The van der Waals surface area contributed by atoms with Crippen LogP contribution >= 0.6 is 0 Å². The number of likely N-dealkylation sites (N-methyl/N-ethyl adjacent to an activating group) is 4. The van der Waals surface area contributed by atoms with Crippen molar-refractivity contribution in [3.8, 4) is 57.5 Å². The molecule has 21 rings (SSSR count). The van der Waals surface area contributed by atoms with Crippen LogP contribution in [0.3, 0.4) is 0 Å². The van der Waals surface area contributed by atoms with Crippen LogP contribution in [0.4, 0.5) is 0 Å². The van der Waals surface area contributed by atoms with Crippen LogP contribution in [0.25, 0.3) is 6.08 Å². The fourth-order valence-corrected chi connectivity index (χ4v) is 23.9. The van der Waals surface area contributed by atoms with Crippen molar-refractivity contribution < 1.29 is 115 Å². The fourth-order valence-electron chi connectivity index (χ4n) is 23.9. The van der Waals surface area contributed by atoms with Crippen molar-refractivity contribution in [2.75, 3.05) is 74.7 Å². The van der Waals surface area contributed by atoms with Crippen molar-refractivity contribution >= 4 is 53.8 Å². The molecule has 5 aromatic carbocycles. The van der Waals surface area contributed by atoms with Gasteiger partial charge in [0, 0.05) is 154 Å². The number of nitrogens with zero attached hydrogens (tertiary/aromatic N) is 4. The molecule has 0 saturated carbocycles. The SMILES string of the molecule is CC(=O)Oc1ccc2c3c1O[C@H]1[C@@H](OC(C)=O)C=C[C@H]4[C@@H](C2)N(C)CC[C@@]341.CC(=O)Oc1ccc2c3c1O[C@H]1[C@@H](OC(C)=O)C=C[C@H]4[C@@H](C2)N(C)CC[C@@]341.CC(=O)Oc1ccc2c3c1O[C@H]1[C@@H](OC(C)=O)C=C[C@H]4[C@@H](C2)N(C)CC[C@@]341.CC(=O)Oc1ccc2c3c1O[C@H]1[C@@H](OC(C)=O)C=C[C@H]4[C@@H](C2)N(C)CC[C@@]341.CCO.COc1cc(/C=C/CO)ccc1O. The molecule has 8 aliphatic heterocycles. The quantitative estimate of drug-likeness (QED) is 0.0479. The summed E-state index contributed by atoms with van der Waals surface area (Å²) in [6.45, 7) is 17.0. The molecule has 658 valence electrons. The Bertz CT molecular complexity index is 4710. The van der Waals surface area contributed by atoms with Crippen molar-refractivity contribution in [2.24, 2.45) is 23.7 Å². The van der Waals surface area contributed by atoms with Crippen LogP contribution in [0.2, 0.25) is 0 Å². The summed E-state index contributed by atoms with van der Waals surface area (Å²) in [5, 5.41) is 25.4. The van der Waals surface area contributed by atoms with E-state index in [0.717, 1.165) is 105 Å². The van der Waals surface area contributed by atoms with Crippen LogP contribution in [-0.2, 0) is 105 Å². The molecule has 0 aromatic heterocycles. The Labute approximate surface area is 720 Å². The number of benzene rings is 5. The molecule has 3 N–H and O–H groups in total. The van der Waals surface area contributed by atoms with Crippen molar-refractivity contribution in [2.45, 2.75) is 208 Å². The van der Waals surface area contributed by atoms with E-state index in [1.165, 1.54) is 84.8 Å². The van der Waals surface area contributed by atoms with Crippen LogP contribution in [0.1, 0.15) is 138 Å². The van der Waals surface area contributed by atoms with Crippen molar-refractivity contribution in [3.05, 3.63) is 171 Å². The number of phenols is 1. The molecule has 8 aliphatic carbocycles. The number of carbonyl (C=O) groups is 8. The number of hydrogen-bond acceptors (Lipinski definition) is 28. The predicted molar refractivity (Wildman–Crippen MR) is 451 cm³/mol. The number of aliphatic hydroxyl groups excluding tert-OH is 2. The summed E-state index contributed by atoms with van der Waals surface area (Å²) in [4.78, 5) is 103. The first-order chi connectivity index (χ1) is 59.3. The van der Waals surface area contributed by atoms with Crippen LogP contribution in [-0.4, -0.2) is 230 Å². The predicted octanol–water partition coefficient (Wildman–Crippen LogP) is 9.36. The average molecular weight is 1700 g/mol. The van der Waals surface area contributed by atoms with Gasteiger partial charge in [-0.2, -0.15) is 0 Å². The molecule has 20 atom stereocenters. The van der Waals surface area contributed by atoms with E-state index in [9.17, 15) is 43.5 Å². The summed E-state index contributed by atoms with van der Waals surface area (Å²) in [5.74, 6) is 3.39. The Hall–Kier alpha value is -10.9. The van der Waals surface area contributed by atoms with Gasteiger partial charge in [-0.3, -0.25) is 38.4 Å². The topological polar surface area (TPSA) is 330 Å². The summed E-state index contributed by atoms with van der Waals surface area (Å²) >= 11 is 0. The van der Waals surface area contributed by atoms with E-state index in [0.29, 0.717) is 75.9 Å². The van der Waals surface area contributed by atoms with Crippen molar-refractivity contribution in [3.63, 3.8) is 0 Å². The maximum atomic E-state index is 11.7. The van der Waals surface area contributed by atoms with Gasteiger partial charge in [-0.1, -0.05) is 66.8 Å². The second-order valence-electron chi connectivity index (χ2n) is 35.2. The van der Waals surface area contributed by atoms with Crippen LogP contribution in [0, 0.1) is 23.7 Å². The zero-order valence-corrected chi connectivity index (χ0v) is 72.5. The number of hydrogen-bond donors (Lipinski definition) is 3. The van der Waals surface area contributed by atoms with Gasteiger partial charge in [-0.25, -0.2) is 0 Å². The Morgan fingerprint density at radius 2 is 0.645 bits per heavy atom. The Kier molecular flexibility index (Phi) is 23.7. The molecular weight excluding hydrogens is 1590 g/mol. The number of piperidine rings is 4. The minimum atomic E-state index is -0.439. The summed E-state index contributed by atoms with van der Waals surface area (Å²) in [5.41, 5.74) is 9.49. The zero-order chi connectivity index (χ0) is 88.1. The molecule has 28 heteroatoms. The average Bonchev–Trinajstić information content (AvgIpc) is 1.52.